The van der Waals surface area contributed by atoms with Crippen molar-refractivity contribution in [2.24, 2.45) is 0 Å². The number of hydrogen-bond donors (Lipinski definition) is 2. The lowest BCUT2D eigenvalue weighted by Crippen LogP contribution is -2.52. The largest absolute Gasteiger partial charge is 0.496 e. The van der Waals surface area contributed by atoms with E-state index in [0.717, 1.165) is 49.1 Å². The third kappa shape index (κ3) is 7.32. The molecule has 262 valence electrons. The minimum atomic E-state index is -0.642. The van der Waals surface area contributed by atoms with Crippen LogP contribution in [0.3, 0.4) is 0 Å². The SMILES string of the molecule is COc1cc(-c2ccc(N(C)C)nc2)ncc1-c1nc2ccc(NCCOCCOc3ccc4c(c3)CN(C3CCC(=O)NC3=O)C4=O)cc2s1. The van der Waals surface area contributed by atoms with Gasteiger partial charge in [-0.25, -0.2) is 9.97 Å². The van der Waals surface area contributed by atoms with Crippen LogP contribution in [-0.4, -0.2) is 91.2 Å². The van der Waals surface area contributed by atoms with E-state index < -0.39 is 11.9 Å². The Hall–Kier alpha value is -5.60. The summed E-state index contributed by atoms with van der Waals surface area (Å²) in [5.74, 6) is 1.26. The maximum Gasteiger partial charge on any atom is 0.255 e. The number of piperidine rings is 1. The molecule has 7 rings (SSSR count). The van der Waals surface area contributed by atoms with Gasteiger partial charge < -0.3 is 29.3 Å². The molecule has 13 nitrogen and oxygen atoms in total. The zero-order chi connectivity index (χ0) is 35.5. The van der Waals surface area contributed by atoms with Crippen molar-refractivity contribution in [3.8, 4) is 33.3 Å². The van der Waals surface area contributed by atoms with Crippen LogP contribution in [0.15, 0.2) is 67.0 Å². The molecule has 0 aliphatic carbocycles. The van der Waals surface area contributed by atoms with Gasteiger partial charge in [0.15, 0.2) is 0 Å². The van der Waals surface area contributed by atoms with Crippen LogP contribution in [0.5, 0.6) is 11.5 Å². The summed E-state index contributed by atoms with van der Waals surface area (Å²) in [6.45, 7) is 2.13. The molecule has 5 aromatic rings. The molecule has 0 bridgehead atoms. The van der Waals surface area contributed by atoms with Gasteiger partial charge in [-0.3, -0.25) is 24.7 Å². The monoisotopic (exact) mass is 707 g/mol. The molecule has 5 heterocycles. The number of imide groups is 1. The Balaban J connectivity index is 0.879. The zero-order valence-corrected chi connectivity index (χ0v) is 29.3. The van der Waals surface area contributed by atoms with E-state index >= 15 is 0 Å². The van der Waals surface area contributed by atoms with E-state index in [2.05, 4.69) is 26.7 Å². The number of nitrogens with zero attached hydrogens (tertiary/aromatic N) is 5. The van der Waals surface area contributed by atoms with Crippen LogP contribution in [0, 0.1) is 0 Å². The van der Waals surface area contributed by atoms with Gasteiger partial charge in [0, 0.05) is 68.9 Å². The predicted molar refractivity (Wildman–Crippen MR) is 194 cm³/mol. The highest BCUT2D eigenvalue weighted by molar-refractivity contribution is 7.21. The number of amides is 3. The molecule has 51 heavy (non-hydrogen) atoms. The number of fused-ring (bicyclic) bond motifs is 2. The van der Waals surface area contributed by atoms with Gasteiger partial charge in [-0.2, -0.15) is 0 Å². The van der Waals surface area contributed by atoms with Crippen LogP contribution in [0.4, 0.5) is 11.5 Å². The molecule has 0 radical (unpaired) electrons. The maximum atomic E-state index is 12.9. The van der Waals surface area contributed by atoms with Crippen LogP contribution in [0.1, 0.15) is 28.8 Å². The first kappa shape index (κ1) is 33.9. The number of rotatable bonds is 13. The molecule has 2 aliphatic rings. The summed E-state index contributed by atoms with van der Waals surface area (Å²) in [4.78, 5) is 54.2. The smallest absolute Gasteiger partial charge is 0.255 e. The van der Waals surface area contributed by atoms with Gasteiger partial charge in [-0.05, 0) is 60.5 Å². The number of thiazole rings is 1. The summed E-state index contributed by atoms with van der Waals surface area (Å²) in [6, 6.07) is 16.6. The van der Waals surface area contributed by atoms with Crippen LogP contribution in [0.25, 0.3) is 32.0 Å². The summed E-state index contributed by atoms with van der Waals surface area (Å²) in [5.41, 5.74) is 5.71. The first-order valence-corrected chi connectivity index (χ1v) is 17.4. The lowest BCUT2D eigenvalue weighted by molar-refractivity contribution is -0.136. The van der Waals surface area contributed by atoms with Crippen LogP contribution in [-0.2, 0) is 20.9 Å². The number of aromatic nitrogens is 3. The van der Waals surface area contributed by atoms with Gasteiger partial charge in [-0.1, -0.05) is 0 Å². The van der Waals surface area contributed by atoms with Gasteiger partial charge in [0.1, 0.15) is 35.0 Å². The Bertz CT molecular complexity index is 2100. The van der Waals surface area contributed by atoms with E-state index in [0.29, 0.717) is 56.4 Å². The lowest BCUT2D eigenvalue weighted by Gasteiger charge is -2.29. The number of carbonyl (C=O) groups is 3. The normalized spacial score (nSPS) is 15.5. The van der Waals surface area contributed by atoms with Gasteiger partial charge in [-0.15, -0.1) is 11.3 Å². The van der Waals surface area contributed by atoms with E-state index in [1.165, 1.54) is 4.90 Å². The molecular formula is C37H37N7O6S. The molecule has 2 aliphatic heterocycles. The fourth-order valence-corrected chi connectivity index (χ4v) is 7.12. The average Bonchev–Trinajstić information content (AvgIpc) is 3.71. The summed E-state index contributed by atoms with van der Waals surface area (Å²) in [5, 5.41) is 6.55. The number of anilines is 2. The molecule has 1 fully saturated rings. The van der Waals surface area contributed by atoms with E-state index in [-0.39, 0.29) is 18.2 Å². The summed E-state index contributed by atoms with van der Waals surface area (Å²) < 4.78 is 18.4. The van der Waals surface area contributed by atoms with Gasteiger partial charge in [0.05, 0.1) is 41.8 Å². The van der Waals surface area contributed by atoms with Gasteiger partial charge >= 0.3 is 0 Å². The molecule has 14 heteroatoms. The fraction of sp³-hybridized carbons (Fsp3) is 0.297. The van der Waals surface area contributed by atoms with Crippen molar-refractivity contribution in [1.29, 1.82) is 0 Å². The summed E-state index contributed by atoms with van der Waals surface area (Å²) >= 11 is 1.58. The highest BCUT2D eigenvalue weighted by atomic mass is 32.1. The Labute approximate surface area is 298 Å². The van der Waals surface area contributed by atoms with Crippen molar-refractivity contribution in [2.75, 3.05) is 57.8 Å². The van der Waals surface area contributed by atoms with Crippen molar-refractivity contribution >= 4 is 50.8 Å². The first-order valence-electron chi connectivity index (χ1n) is 16.6. The van der Waals surface area contributed by atoms with E-state index in [1.54, 1.807) is 36.8 Å². The van der Waals surface area contributed by atoms with E-state index in [4.69, 9.17) is 19.2 Å². The number of hydrogen-bond acceptors (Lipinski definition) is 12. The van der Waals surface area contributed by atoms with Gasteiger partial charge in [0.2, 0.25) is 11.8 Å². The zero-order valence-electron chi connectivity index (χ0n) is 28.5. The second-order valence-electron chi connectivity index (χ2n) is 12.4. The number of pyridine rings is 2. The second-order valence-corrected chi connectivity index (χ2v) is 13.4. The van der Waals surface area contributed by atoms with Crippen LogP contribution in [0.2, 0.25) is 0 Å². The highest BCUT2D eigenvalue weighted by Gasteiger charge is 2.39. The molecule has 3 aromatic heterocycles. The molecule has 3 amide bonds. The number of ether oxygens (including phenoxy) is 3. The molecule has 1 saturated heterocycles. The molecule has 2 N–H and O–H groups in total. The van der Waals surface area contributed by atoms with Gasteiger partial charge in [0.25, 0.3) is 5.91 Å². The van der Waals surface area contributed by atoms with E-state index in [1.807, 2.05) is 61.6 Å². The molecule has 2 aromatic carbocycles. The molecule has 1 atom stereocenters. The third-order valence-electron chi connectivity index (χ3n) is 8.77. The summed E-state index contributed by atoms with van der Waals surface area (Å²) in [6.07, 6.45) is 4.16. The van der Waals surface area contributed by atoms with Crippen molar-refractivity contribution in [3.63, 3.8) is 0 Å². The van der Waals surface area contributed by atoms with Crippen molar-refractivity contribution in [2.45, 2.75) is 25.4 Å². The quantitative estimate of drug-likeness (QED) is 0.129. The minimum Gasteiger partial charge on any atom is -0.496 e. The van der Waals surface area contributed by atoms with Crippen molar-refractivity contribution in [1.82, 2.24) is 25.2 Å². The Morgan fingerprint density at radius 2 is 1.86 bits per heavy atom. The summed E-state index contributed by atoms with van der Waals surface area (Å²) in [7, 11) is 5.56. The molecular weight excluding hydrogens is 671 g/mol. The lowest BCUT2D eigenvalue weighted by atomic mass is 10.0. The average molecular weight is 708 g/mol. The molecule has 0 saturated carbocycles. The first-order chi connectivity index (χ1) is 24.8. The van der Waals surface area contributed by atoms with E-state index in [9.17, 15) is 14.4 Å². The minimum absolute atomic E-state index is 0.208. The molecule has 1 unspecified atom stereocenters. The number of methoxy groups -OCH3 is 1. The number of benzene rings is 2. The topological polar surface area (TPSA) is 148 Å². The third-order valence-corrected chi connectivity index (χ3v) is 9.82. The highest BCUT2D eigenvalue weighted by Crippen LogP contribution is 2.38. The number of carbonyl (C=O) groups excluding carboxylic acids is 3. The second kappa shape index (κ2) is 14.7. The Morgan fingerprint density at radius 3 is 2.65 bits per heavy atom. The van der Waals surface area contributed by atoms with Crippen molar-refractivity contribution < 1.29 is 28.6 Å². The van der Waals surface area contributed by atoms with Crippen molar-refractivity contribution in [3.05, 3.63) is 78.1 Å². The molecule has 0 spiro atoms. The predicted octanol–water partition coefficient (Wildman–Crippen LogP) is 4.76. The number of nitrogens with one attached hydrogen (secondary N) is 2. The standard InChI is InChI=1S/C37H37N7O6S/c1-43(2)33-10-4-22(19-40-33)29-18-31(48-3)27(20-39-29)36-41-28-8-5-24(17-32(28)51-36)38-12-13-49-14-15-50-25-6-7-26-23(16-25)21-44(37(26)47)30-9-11-34(45)42-35(30)46/h4-8,10,16-20,30,38H,9,11-15,21H2,1-3H3,(H,42,45,46). The maximum absolute atomic E-state index is 12.9. The Kier molecular flexibility index (Phi) is 9.77. The van der Waals surface area contributed by atoms with Crippen LogP contribution >= 0.6 is 11.3 Å². The Morgan fingerprint density at radius 1 is 0.980 bits per heavy atom. The fourth-order valence-electron chi connectivity index (χ4n) is 6.10. The van der Waals surface area contributed by atoms with Crippen LogP contribution < -0.4 is 25.0 Å².